The largest absolute Gasteiger partial charge is 0.493 e. The van der Waals surface area contributed by atoms with Crippen LogP contribution in [0.5, 0.6) is 11.5 Å². The van der Waals surface area contributed by atoms with Gasteiger partial charge in [0.25, 0.3) is 0 Å². The van der Waals surface area contributed by atoms with Gasteiger partial charge in [0, 0.05) is 9.13 Å². The number of methoxy groups -OCH3 is 2. The third kappa shape index (κ3) is 4.13. The van der Waals surface area contributed by atoms with Gasteiger partial charge in [-0.1, -0.05) is 0 Å². The summed E-state index contributed by atoms with van der Waals surface area (Å²) >= 11 is 1.84. The molecular formula is C12H10F7IN2O2. The van der Waals surface area contributed by atoms with Crippen LogP contribution >= 0.6 is 22.6 Å². The van der Waals surface area contributed by atoms with E-state index < -0.39 is 18.1 Å². The molecule has 24 heavy (non-hydrogen) atoms. The summed E-state index contributed by atoms with van der Waals surface area (Å²) in [7, 11) is 2.52. The average Bonchev–Trinajstić information content (AvgIpc) is 2.45. The first-order chi connectivity index (χ1) is 10.9. The molecule has 0 amide bonds. The van der Waals surface area contributed by atoms with Crippen LogP contribution in [0.25, 0.3) is 0 Å². The van der Waals surface area contributed by atoms with Crippen LogP contribution in [0.15, 0.2) is 17.2 Å². The van der Waals surface area contributed by atoms with Gasteiger partial charge in [-0.05, 0) is 34.7 Å². The van der Waals surface area contributed by atoms with Crippen LogP contribution in [-0.4, -0.2) is 38.6 Å². The van der Waals surface area contributed by atoms with Crippen molar-refractivity contribution in [2.75, 3.05) is 14.2 Å². The maximum absolute atomic E-state index is 13.1. The number of halogens is 8. The molecule has 0 heterocycles. The molecule has 1 rings (SSSR count). The average molecular weight is 474 g/mol. The van der Waals surface area contributed by atoms with E-state index in [0.29, 0.717) is 15.2 Å². The molecule has 1 N–H and O–H groups in total. The number of rotatable bonds is 6. The zero-order valence-corrected chi connectivity index (χ0v) is 14.2. The molecule has 0 aliphatic rings. The highest BCUT2D eigenvalue weighted by Gasteiger charge is 2.73. The fraction of sp³-hybridized carbons (Fsp3) is 0.417. The molecule has 0 unspecified atom stereocenters. The van der Waals surface area contributed by atoms with E-state index >= 15 is 0 Å². The van der Waals surface area contributed by atoms with E-state index in [1.165, 1.54) is 26.4 Å². The van der Waals surface area contributed by atoms with Gasteiger partial charge in [-0.15, -0.1) is 0 Å². The van der Waals surface area contributed by atoms with Crippen molar-refractivity contribution in [1.82, 2.24) is 5.43 Å². The Morgan fingerprint density at radius 2 is 1.62 bits per heavy atom. The van der Waals surface area contributed by atoms with Crippen molar-refractivity contribution < 1.29 is 40.2 Å². The van der Waals surface area contributed by atoms with Crippen molar-refractivity contribution in [2.24, 2.45) is 5.10 Å². The lowest BCUT2D eigenvalue weighted by Crippen LogP contribution is -2.58. The Labute approximate surface area is 145 Å². The number of hydrogen-bond acceptors (Lipinski definition) is 4. The molecule has 1 aromatic carbocycles. The molecule has 0 radical (unpaired) electrons. The quantitative estimate of drug-likeness (QED) is 0.223. The molecule has 136 valence electrons. The van der Waals surface area contributed by atoms with E-state index in [9.17, 15) is 30.7 Å². The first-order valence-corrected chi connectivity index (χ1v) is 6.99. The van der Waals surface area contributed by atoms with Crippen LogP contribution in [0.2, 0.25) is 0 Å². The Balaban J connectivity index is 3.09. The second-order valence-corrected chi connectivity index (χ2v) is 5.49. The summed E-state index contributed by atoms with van der Waals surface area (Å²) in [5.74, 6) is -6.07. The number of alkyl halides is 7. The van der Waals surface area contributed by atoms with Crippen LogP contribution in [0, 0.1) is 3.57 Å². The third-order valence-corrected chi connectivity index (χ3v) is 3.25. The maximum Gasteiger partial charge on any atom is 0.462 e. The van der Waals surface area contributed by atoms with Crippen molar-refractivity contribution in [1.29, 1.82) is 0 Å². The fourth-order valence-electron chi connectivity index (χ4n) is 1.49. The zero-order chi connectivity index (χ0) is 18.8. The van der Waals surface area contributed by atoms with Gasteiger partial charge < -0.3 is 9.47 Å². The van der Waals surface area contributed by atoms with Gasteiger partial charge in [0.2, 0.25) is 0 Å². The van der Waals surface area contributed by atoms with Crippen molar-refractivity contribution in [3.8, 4) is 11.5 Å². The second kappa shape index (κ2) is 7.19. The minimum atomic E-state index is -6.44. The minimum Gasteiger partial charge on any atom is -0.493 e. The Hall–Kier alpha value is -1.47. The molecule has 1 aromatic rings. The summed E-state index contributed by atoms with van der Waals surface area (Å²) in [5.41, 5.74) is 0.558. The number of benzene rings is 1. The molecule has 4 nitrogen and oxygen atoms in total. The smallest absolute Gasteiger partial charge is 0.462 e. The molecule has 0 aliphatic carbocycles. The van der Waals surface area contributed by atoms with E-state index in [1.807, 2.05) is 22.6 Å². The number of nitrogens with one attached hydrogen (secondary N) is 1. The van der Waals surface area contributed by atoms with Gasteiger partial charge in [0.15, 0.2) is 11.5 Å². The lowest BCUT2D eigenvalue weighted by molar-refractivity contribution is -0.361. The summed E-state index contributed by atoms with van der Waals surface area (Å²) in [5, 5.41) is 2.77. The summed E-state index contributed by atoms with van der Waals surface area (Å²) < 4.78 is 98.0. The summed E-state index contributed by atoms with van der Waals surface area (Å²) in [4.78, 5) is 0. The highest BCUT2D eigenvalue weighted by Crippen LogP contribution is 2.45. The van der Waals surface area contributed by atoms with Crippen LogP contribution in [-0.2, 0) is 0 Å². The lowest BCUT2D eigenvalue weighted by atomic mass is 10.2. The van der Waals surface area contributed by atoms with Gasteiger partial charge in [0.05, 0.1) is 20.4 Å². The molecule has 0 atom stereocenters. The monoisotopic (exact) mass is 474 g/mol. The van der Waals surface area contributed by atoms with Crippen LogP contribution < -0.4 is 14.9 Å². The summed E-state index contributed by atoms with van der Waals surface area (Å²) in [6.07, 6.45) is -5.83. The van der Waals surface area contributed by atoms with Crippen molar-refractivity contribution in [3.05, 3.63) is 21.3 Å². The number of ether oxygens (including phenoxy) is 2. The topological polar surface area (TPSA) is 42.8 Å². The van der Waals surface area contributed by atoms with Crippen molar-refractivity contribution in [3.63, 3.8) is 0 Å². The first kappa shape index (κ1) is 20.6. The van der Waals surface area contributed by atoms with Crippen molar-refractivity contribution in [2.45, 2.75) is 18.1 Å². The predicted octanol–water partition coefficient (Wildman–Crippen LogP) is 4.02. The van der Waals surface area contributed by atoms with E-state index in [-0.39, 0.29) is 17.1 Å². The molecule has 0 saturated heterocycles. The standard InChI is InChI=1S/C12H10F7IN2O2/c1-23-8-4-7(20)3-6(9(8)24-2)5-21-22-12(18,19)10(13,14)11(15,16)17/h3-5,22H,1-2H3/b21-5-. The molecule has 12 heteroatoms. The minimum absolute atomic E-state index is 0.0277. The molecule has 0 spiro atoms. The highest BCUT2D eigenvalue weighted by molar-refractivity contribution is 14.1. The van der Waals surface area contributed by atoms with Crippen LogP contribution in [0.1, 0.15) is 5.56 Å². The molecular weight excluding hydrogens is 464 g/mol. The molecule has 0 saturated carbocycles. The Bertz CT molecular complexity index is 620. The Morgan fingerprint density at radius 1 is 1.04 bits per heavy atom. The highest BCUT2D eigenvalue weighted by atomic mass is 127. The van der Waals surface area contributed by atoms with Gasteiger partial charge in [-0.25, -0.2) is 5.43 Å². The summed E-state index contributed by atoms with van der Waals surface area (Å²) in [6.45, 7) is 0. The SMILES string of the molecule is COc1cc(I)cc(/C=N\NC(F)(F)C(F)(F)C(F)(F)F)c1OC. The van der Waals surface area contributed by atoms with Gasteiger partial charge in [-0.3, -0.25) is 0 Å². The Kier molecular flexibility index (Phi) is 6.16. The number of hydrogen-bond donors (Lipinski definition) is 1. The van der Waals surface area contributed by atoms with Gasteiger partial charge >= 0.3 is 18.1 Å². The Morgan fingerprint density at radius 3 is 2.08 bits per heavy atom. The van der Waals surface area contributed by atoms with E-state index in [1.54, 1.807) is 0 Å². The molecule has 0 aliphatic heterocycles. The molecule has 0 aromatic heterocycles. The van der Waals surface area contributed by atoms with E-state index in [2.05, 4.69) is 5.10 Å². The zero-order valence-electron chi connectivity index (χ0n) is 12.0. The second-order valence-electron chi connectivity index (χ2n) is 4.25. The fourth-order valence-corrected chi connectivity index (χ4v) is 2.10. The normalized spacial score (nSPS) is 13.2. The molecule has 0 fully saturated rings. The van der Waals surface area contributed by atoms with Crippen LogP contribution in [0.4, 0.5) is 30.7 Å². The number of nitrogens with zero attached hydrogens (tertiary/aromatic N) is 1. The van der Waals surface area contributed by atoms with Crippen molar-refractivity contribution >= 4 is 28.8 Å². The third-order valence-electron chi connectivity index (χ3n) is 2.63. The van der Waals surface area contributed by atoms with Gasteiger partial charge in [0.1, 0.15) is 0 Å². The number of hydrazone groups is 1. The molecule has 0 bridgehead atoms. The van der Waals surface area contributed by atoms with Gasteiger partial charge in [-0.2, -0.15) is 35.8 Å². The maximum atomic E-state index is 13.1. The summed E-state index contributed by atoms with van der Waals surface area (Å²) in [6, 6.07) is -2.75. The first-order valence-electron chi connectivity index (χ1n) is 5.91. The van der Waals surface area contributed by atoms with E-state index in [0.717, 1.165) is 0 Å². The lowest BCUT2D eigenvalue weighted by Gasteiger charge is -2.27. The van der Waals surface area contributed by atoms with E-state index in [4.69, 9.17) is 9.47 Å². The predicted molar refractivity (Wildman–Crippen MR) is 78.9 cm³/mol. The van der Waals surface area contributed by atoms with Crippen LogP contribution in [0.3, 0.4) is 0 Å².